The number of carbonyl (C=O) groups excluding carboxylic acids is 2. The van der Waals surface area contributed by atoms with E-state index in [0.29, 0.717) is 0 Å². The summed E-state index contributed by atoms with van der Waals surface area (Å²) in [5.41, 5.74) is -0.630. The lowest BCUT2D eigenvalue weighted by Crippen LogP contribution is -2.41. The number of ketones is 2. The first kappa shape index (κ1) is 17.2. The van der Waals surface area contributed by atoms with Crippen LogP contribution in [-0.2, 0) is 20.9 Å². The van der Waals surface area contributed by atoms with Crippen molar-refractivity contribution in [3.05, 3.63) is 52.0 Å². The lowest BCUT2D eigenvalue weighted by Gasteiger charge is -2.17. The molecule has 3 rings (SSSR count). The van der Waals surface area contributed by atoms with E-state index in [1.54, 1.807) is 0 Å². The summed E-state index contributed by atoms with van der Waals surface area (Å²) in [4.78, 5) is 36.0. The lowest BCUT2D eigenvalue weighted by atomic mass is 10.0. The summed E-state index contributed by atoms with van der Waals surface area (Å²) < 4.78 is 7.69. The Morgan fingerprint density at radius 1 is 1.28 bits per heavy atom. The van der Waals surface area contributed by atoms with E-state index in [1.165, 1.54) is 16.8 Å². The summed E-state index contributed by atoms with van der Waals surface area (Å²) in [5, 5.41) is 26.9. The molecule has 1 aliphatic heterocycles. The Bertz CT molecular complexity index is 894. The number of ether oxygens (including phenoxy) is 1. The number of aliphatic hydroxyl groups is 2. The summed E-state index contributed by atoms with van der Waals surface area (Å²) in [6.45, 7) is -0.592. The number of rotatable bonds is 4. The van der Waals surface area contributed by atoms with Crippen LogP contribution in [-0.4, -0.2) is 49.7 Å². The van der Waals surface area contributed by atoms with Crippen LogP contribution in [0.5, 0.6) is 0 Å². The van der Waals surface area contributed by atoms with Gasteiger partial charge in [-0.2, -0.15) is 0 Å². The number of nitrogens with zero attached hydrogens (tertiary/aromatic N) is 2. The molecule has 0 amide bonds. The normalized spacial score (nSPS) is 26.2. The fourth-order valence-corrected chi connectivity index (χ4v) is 2.82. The topological polar surface area (TPSA) is 135 Å². The molecular formula is C16H17N3O6. The van der Waals surface area contributed by atoms with Crippen LogP contribution in [0.4, 0.5) is 0 Å². The monoisotopic (exact) mass is 347 g/mol. The third-order valence-corrected chi connectivity index (χ3v) is 4.19. The molecule has 0 radical (unpaired) electrons. The molecule has 1 aromatic heterocycles. The summed E-state index contributed by atoms with van der Waals surface area (Å²) >= 11 is 0. The Balaban J connectivity index is 1.94. The minimum atomic E-state index is -0.906. The van der Waals surface area contributed by atoms with Gasteiger partial charge in [-0.25, -0.2) is 4.79 Å². The third-order valence-electron chi connectivity index (χ3n) is 4.19. The molecule has 2 heterocycles. The van der Waals surface area contributed by atoms with Crippen LogP contribution in [0.3, 0.4) is 0 Å². The Hall–Kier alpha value is -2.62. The first-order valence-electron chi connectivity index (χ1n) is 7.68. The fraction of sp³-hybridized carbons (Fsp3) is 0.375. The van der Waals surface area contributed by atoms with Gasteiger partial charge in [0.2, 0.25) is 0 Å². The number of carbonyl (C=O) groups is 2. The highest BCUT2D eigenvalue weighted by atomic mass is 16.5. The maximum atomic E-state index is 12.7. The highest BCUT2D eigenvalue weighted by molar-refractivity contribution is 6.17. The van der Waals surface area contributed by atoms with E-state index in [-0.39, 0.29) is 36.4 Å². The van der Waals surface area contributed by atoms with Crippen molar-refractivity contribution >= 4 is 11.6 Å². The molecule has 1 aromatic rings. The molecule has 0 saturated carbocycles. The van der Waals surface area contributed by atoms with E-state index in [4.69, 9.17) is 15.3 Å². The molecule has 132 valence electrons. The summed E-state index contributed by atoms with van der Waals surface area (Å²) in [6.07, 6.45) is 2.41. The van der Waals surface area contributed by atoms with Crippen LogP contribution in [0.15, 0.2) is 40.9 Å². The van der Waals surface area contributed by atoms with Gasteiger partial charge in [0.1, 0.15) is 17.8 Å². The standard InChI is InChI=1S/C16H17N3O6/c17-14-3-4-18(15-6-12(23)13(8-20)25-15)16(24)19(14)7-9-5-10(21)1-2-11(9)22/h1-5,12-13,15,17,20,23H,6-8H2/t12-,13+,15+/m0/s1. The second-order valence-electron chi connectivity index (χ2n) is 5.86. The number of allylic oxidation sites excluding steroid dienone is 4. The first-order chi connectivity index (χ1) is 11.9. The van der Waals surface area contributed by atoms with Crippen LogP contribution in [0.1, 0.15) is 12.6 Å². The summed E-state index contributed by atoms with van der Waals surface area (Å²) in [7, 11) is 0. The van der Waals surface area contributed by atoms with Crippen molar-refractivity contribution in [1.82, 2.24) is 9.13 Å². The molecule has 9 heteroatoms. The Morgan fingerprint density at radius 2 is 2.04 bits per heavy atom. The molecule has 1 saturated heterocycles. The highest BCUT2D eigenvalue weighted by Gasteiger charge is 2.35. The van der Waals surface area contributed by atoms with Crippen LogP contribution in [0.25, 0.3) is 0 Å². The quantitative estimate of drug-likeness (QED) is 0.562. The van der Waals surface area contributed by atoms with Gasteiger partial charge in [0, 0.05) is 18.2 Å². The number of hydrogen-bond acceptors (Lipinski definition) is 7. The molecule has 0 aromatic carbocycles. The smallest absolute Gasteiger partial charge is 0.332 e. The lowest BCUT2D eigenvalue weighted by molar-refractivity contribution is -0.114. The first-order valence-corrected chi connectivity index (χ1v) is 7.68. The molecule has 9 nitrogen and oxygen atoms in total. The van der Waals surface area contributed by atoms with Crippen LogP contribution in [0, 0.1) is 5.41 Å². The number of nitrogens with one attached hydrogen (secondary N) is 1. The predicted molar refractivity (Wildman–Crippen MR) is 83.4 cm³/mol. The third kappa shape index (κ3) is 3.29. The van der Waals surface area contributed by atoms with E-state index in [9.17, 15) is 19.5 Å². The van der Waals surface area contributed by atoms with Gasteiger partial charge in [0.15, 0.2) is 11.6 Å². The molecule has 1 fully saturated rings. The van der Waals surface area contributed by atoms with Crippen molar-refractivity contribution in [3.63, 3.8) is 0 Å². The van der Waals surface area contributed by atoms with Gasteiger partial charge in [-0.1, -0.05) is 0 Å². The maximum Gasteiger partial charge on any atom is 0.332 e. The Labute approximate surface area is 141 Å². The van der Waals surface area contributed by atoms with Crippen LogP contribution in [0.2, 0.25) is 0 Å². The van der Waals surface area contributed by atoms with Gasteiger partial charge in [-0.05, 0) is 24.3 Å². The Kier molecular flexibility index (Phi) is 4.62. The molecule has 0 spiro atoms. The highest BCUT2D eigenvalue weighted by Crippen LogP contribution is 2.27. The van der Waals surface area contributed by atoms with Gasteiger partial charge in [0.05, 0.1) is 19.3 Å². The molecule has 3 atom stereocenters. The Morgan fingerprint density at radius 3 is 2.72 bits per heavy atom. The van der Waals surface area contributed by atoms with E-state index in [2.05, 4.69) is 0 Å². The van der Waals surface area contributed by atoms with Crippen molar-refractivity contribution in [2.75, 3.05) is 6.61 Å². The molecule has 2 aliphatic rings. The van der Waals surface area contributed by atoms with Gasteiger partial charge in [0.25, 0.3) is 0 Å². The average molecular weight is 347 g/mol. The van der Waals surface area contributed by atoms with Crippen molar-refractivity contribution in [2.45, 2.75) is 31.4 Å². The minimum Gasteiger partial charge on any atom is -0.394 e. The molecule has 0 unspecified atom stereocenters. The average Bonchev–Trinajstić information content (AvgIpc) is 2.95. The van der Waals surface area contributed by atoms with Gasteiger partial charge in [-0.15, -0.1) is 0 Å². The van der Waals surface area contributed by atoms with Crippen LogP contribution < -0.4 is 11.2 Å². The van der Waals surface area contributed by atoms with Crippen molar-refractivity contribution in [3.8, 4) is 0 Å². The molecule has 25 heavy (non-hydrogen) atoms. The van der Waals surface area contributed by atoms with E-state index < -0.39 is 29.9 Å². The number of hydrogen-bond donors (Lipinski definition) is 3. The van der Waals surface area contributed by atoms with Gasteiger partial charge >= 0.3 is 5.69 Å². The van der Waals surface area contributed by atoms with Crippen molar-refractivity contribution in [2.24, 2.45) is 0 Å². The van der Waals surface area contributed by atoms with Gasteiger partial charge in [-0.3, -0.25) is 24.1 Å². The van der Waals surface area contributed by atoms with Crippen LogP contribution >= 0.6 is 0 Å². The minimum absolute atomic E-state index is 0.112. The maximum absolute atomic E-state index is 12.7. The molecule has 0 bridgehead atoms. The zero-order chi connectivity index (χ0) is 18.1. The predicted octanol–water partition coefficient (Wildman–Crippen LogP) is -1.60. The zero-order valence-electron chi connectivity index (χ0n) is 13.2. The zero-order valence-corrected chi connectivity index (χ0v) is 13.2. The second-order valence-corrected chi connectivity index (χ2v) is 5.86. The summed E-state index contributed by atoms with van der Waals surface area (Å²) in [6, 6.07) is 1.36. The van der Waals surface area contributed by atoms with Gasteiger partial charge < -0.3 is 14.9 Å². The SMILES string of the molecule is N=c1ccn([C@H]2C[C@H](O)[C@@H](CO)O2)c(=O)n1CC1=CC(=O)C=CC1=O. The van der Waals surface area contributed by atoms with E-state index in [1.807, 2.05) is 0 Å². The number of aromatic nitrogens is 2. The number of aliphatic hydroxyl groups excluding tert-OH is 2. The van der Waals surface area contributed by atoms with E-state index in [0.717, 1.165) is 22.8 Å². The largest absolute Gasteiger partial charge is 0.394 e. The fourth-order valence-electron chi connectivity index (χ4n) is 2.82. The molecule has 3 N–H and O–H groups in total. The molecular weight excluding hydrogens is 330 g/mol. The second kappa shape index (κ2) is 6.71. The van der Waals surface area contributed by atoms with Crippen molar-refractivity contribution in [1.29, 1.82) is 5.41 Å². The summed E-state index contributed by atoms with van der Waals surface area (Å²) in [5.74, 6) is -0.750. The van der Waals surface area contributed by atoms with Crippen molar-refractivity contribution < 1.29 is 24.5 Å². The van der Waals surface area contributed by atoms with E-state index >= 15 is 0 Å². The molecule has 1 aliphatic carbocycles.